The van der Waals surface area contributed by atoms with E-state index < -0.39 is 0 Å². The van der Waals surface area contributed by atoms with Gasteiger partial charge in [0.2, 0.25) is 11.8 Å². The van der Waals surface area contributed by atoms with Crippen molar-refractivity contribution in [3.05, 3.63) is 46.3 Å². The van der Waals surface area contributed by atoms with Crippen LogP contribution in [0, 0.1) is 13.8 Å². The monoisotopic (exact) mass is 385 g/mol. The number of carbonyl (C=O) groups excluding carboxylic acids is 2. The van der Waals surface area contributed by atoms with E-state index in [9.17, 15) is 9.59 Å². The lowest BCUT2D eigenvalue weighted by Gasteiger charge is -2.17. The van der Waals surface area contributed by atoms with Gasteiger partial charge in [-0.3, -0.25) is 9.59 Å². The van der Waals surface area contributed by atoms with Crippen molar-refractivity contribution in [3.8, 4) is 5.75 Å². The molecule has 2 amide bonds. The standard InChI is InChI=1S/C21H27N3O4/c1-14-19(15(2)28-23-14)8-9-22-21(26)7-5-17-4-6-20-18(12-17)13-24(16(3)25)10-11-27-20/h4,6,12H,5,7-11,13H2,1-3H3,(H,22,26). The molecule has 0 aliphatic carbocycles. The summed E-state index contributed by atoms with van der Waals surface area (Å²) in [6.07, 6.45) is 1.77. The van der Waals surface area contributed by atoms with Crippen LogP contribution in [-0.2, 0) is 29.0 Å². The Morgan fingerprint density at radius 3 is 2.79 bits per heavy atom. The third kappa shape index (κ3) is 4.91. The highest BCUT2D eigenvalue weighted by Gasteiger charge is 2.17. The van der Waals surface area contributed by atoms with Crippen LogP contribution in [-0.4, -0.2) is 41.6 Å². The van der Waals surface area contributed by atoms with Crippen molar-refractivity contribution in [2.75, 3.05) is 19.7 Å². The number of nitrogens with zero attached hydrogens (tertiary/aromatic N) is 2. The Morgan fingerprint density at radius 1 is 1.25 bits per heavy atom. The minimum atomic E-state index is 0.0170. The summed E-state index contributed by atoms with van der Waals surface area (Å²) in [6, 6.07) is 5.96. The predicted molar refractivity (Wildman–Crippen MR) is 104 cm³/mol. The number of benzene rings is 1. The molecular weight excluding hydrogens is 358 g/mol. The van der Waals surface area contributed by atoms with Crippen LogP contribution >= 0.6 is 0 Å². The number of rotatable bonds is 6. The van der Waals surface area contributed by atoms with Crippen LogP contribution in [0.5, 0.6) is 5.75 Å². The third-order valence-electron chi connectivity index (χ3n) is 5.07. The molecule has 1 aliphatic rings. The number of hydrogen-bond donors (Lipinski definition) is 1. The summed E-state index contributed by atoms with van der Waals surface area (Å²) in [4.78, 5) is 25.6. The van der Waals surface area contributed by atoms with Gasteiger partial charge in [-0.2, -0.15) is 0 Å². The van der Waals surface area contributed by atoms with Gasteiger partial charge < -0.3 is 19.5 Å². The lowest BCUT2D eigenvalue weighted by molar-refractivity contribution is -0.129. The molecule has 0 bridgehead atoms. The molecule has 1 N–H and O–H groups in total. The Kier molecular flexibility index (Phi) is 6.34. The van der Waals surface area contributed by atoms with Crippen LogP contribution in [0.25, 0.3) is 0 Å². The van der Waals surface area contributed by atoms with E-state index >= 15 is 0 Å². The Labute approximate surface area is 165 Å². The number of ether oxygens (including phenoxy) is 1. The summed E-state index contributed by atoms with van der Waals surface area (Å²) in [5, 5.41) is 6.88. The number of fused-ring (bicyclic) bond motifs is 1. The molecule has 2 heterocycles. The first-order valence-electron chi connectivity index (χ1n) is 9.62. The number of carbonyl (C=O) groups is 2. The number of amides is 2. The van der Waals surface area contributed by atoms with E-state index in [2.05, 4.69) is 10.5 Å². The number of hydrogen-bond acceptors (Lipinski definition) is 5. The zero-order valence-corrected chi connectivity index (χ0v) is 16.7. The van der Waals surface area contributed by atoms with Crippen molar-refractivity contribution in [2.45, 2.75) is 46.6 Å². The van der Waals surface area contributed by atoms with Crippen molar-refractivity contribution in [3.63, 3.8) is 0 Å². The molecule has 0 unspecified atom stereocenters. The summed E-state index contributed by atoms with van der Waals surface area (Å²) >= 11 is 0. The number of aryl methyl sites for hydroxylation is 3. The average Bonchev–Trinajstić information content (AvgIpc) is 2.87. The fraction of sp³-hybridized carbons (Fsp3) is 0.476. The van der Waals surface area contributed by atoms with Gasteiger partial charge in [-0.1, -0.05) is 17.3 Å². The van der Waals surface area contributed by atoms with Crippen LogP contribution in [0.3, 0.4) is 0 Å². The Morgan fingerprint density at radius 2 is 2.07 bits per heavy atom. The molecule has 1 aromatic heterocycles. The number of nitrogens with one attached hydrogen (secondary N) is 1. The second-order valence-electron chi connectivity index (χ2n) is 7.13. The van der Waals surface area contributed by atoms with Crippen molar-refractivity contribution in [1.82, 2.24) is 15.4 Å². The van der Waals surface area contributed by atoms with E-state index in [1.54, 1.807) is 11.8 Å². The van der Waals surface area contributed by atoms with Gasteiger partial charge in [-0.05, 0) is 38.3 Å². The minimum Gasteiger partial charge on any atom is -0.491 e. The highest BCUT2D eigenvalue weighted by Crippen LogP contribution is 2.25. The maximum absolute atomic E-state index is 12.2. The maximum atomic E-state index is 12.2. The van der Waals surface area contributed by atoms with Crippen LogP contribution < -0.4 is 10.1 Å². The molecule has 0 saturated carbocycles. The molecule has 2 aromatic rings. The van der Waals surface area contributed by atoms with E-state index in [0.717, 1.165) is 33.9 Å². The van der Waals surface area contributed by atoms with Crippen molar-refractivity contribution >= 4 is 11.8 Å². The molecule has 7 nitrogen and oxygen atoms in total. The van der Waals surface area contributed by atoms with Gasteiger partial charge in [0.25, 0.3) is 0 Å². The predicted octanol–water partition coefficient (Wildman–Crippen LogP) is 2.32. The Balaban J connectivity index is 1.50. The van der Waals surface area contributed by atoms with Crippen LogP contribution in [0.15, 0.2) is 22.7 Å². The Hall–Kier alpha value is -2.83. The first kappa shape index (κ1) is 19.9. The summed E-state index contributed by atoms with van der Waals surface area (Å²) in [5.41, 5.74) is 3.98. The van der Waals surface area contributed by atoms with Gasteiger partial charge in [0.15, 0.2) is 0 Å². The molecule has 3 rings (SSSR count). The van der Waals surface area contributed by atoms with E-state index in [0.29, 0.717) is 45.5 Å². The summed E-state index contributed by atoms with van der Waals surface area (Å²) in [5.74, 6) is 1.68. The molecule has 7 heteroatoms. The first-order chi connectivity index (χ1) is 13.4. The molecule has 0 spiro atoms. The quantitative estimate of drug-likeness (QED) is 0.825. The third-order valence-corrected chi connectivity index (χ3v) is 5.07. The lowest BCUT2D eigenvalue weighted by Crippen LogP contribution is -2.30. The van der Waals surface area contributed by atoms with Gasteiger partial charge in [0.1, 0.15) is 18.1 Å². The van der Waals surface area contributed by atoms with E-state index in [-0.39, 0.29) is 11.8 Å². The highest BCUT2D eigenvalue weighted by molar-refractivity contribution is 5.76. The molecule has 150 valence electrons. The molecule has 0 radical (unpaired) electrons. The summed E-state index contributed by atoms with van der Waals surface area (Å²) in [6.45, 7) is 7.55. The fourth-order valence-electron chi connectivity index (χ4n) is 3.40. The lowest BCUT2D eigenvalue weighted by atomic mass is 10.0. The molecule has 0 saturated heterocycles. The second-order valence-corrected chi connectivity index (χ2v) is 7.13. The average molecular weight is 385 g/mol. The van der Waals surface area contributed by atoms with E-state index in [1.807, 2.05) is 32.0 Å². The van der Waals surface area contributed by atoms with Gasteiger partial charge in [0, 0.05) is 37.6 Å². The van der Waals surface area contributed by atoms with Gasteiger partial charge in [-0.25, -0.2) is 0 Å². The summed E-state index contributed by atoms with van der Waals surface area (Å²) < 4.78 is 10.9. The highest BCUT2D eigenvalue weighted by atomic mass is 16.5. The van der Waals surface area contributed by atoms with Crippen molar-refractivity contribution < 1.29 is 18.8 Å². The largest absolute Gasteiger partial charge is 0.491 e. The van der Waals surface area contributed by atoms with Crippen molar-refractivity contribution in [1.29, 1.82) is 0 Å². The molecule has 28 heavy (non-hydrogen) atoms. The van der Waals surface area contributed by atoms with Crippen LogP contribution in [0.2, 0.25) is 0 Å². The van der Waals surface area contributed by atoms with Crippen LogP contribution in [0.1, 0.15) is 41.5 Å². The minimum absolute atomic E-state index is 0.0170. The topological polar surface area (TPSA) is 84.7 Å². The molecule has 1 aromatic carbocycles. The van der Waals surface area contributed by atoms with E-state index in [4.69, 9.17) is 9.26 Å². The first-order valence-corrected chi connectivity index (χ1v) is 9.62. The molecule has 0 atom stereocenters. The molecular formula is C21H27N3O4. The molecule has 1 aliphatic heterocycles. The van der Waals surface area contributed by atoms with Gasteiger partial charge in [0.05, 0.1) is 12.2 Å². The summed E-state index contributed by atoms with van der Waals surface area (Å²) in [7, 11) is 0. The van der Waals surface area contributed by atoms with Crippen molar-refractivity contribution in [2.24, 2.45) is 0 Å². The normalized spacial score (nSPS) is 13.5. The van der Waals surface area contributed by atoms with Gasteiger partial charge in [-0.15, -0.1) is 0 Å². The SMILES string of the molecule is CC(=O)N1CCOc2ccc(CCC(=O)NCCc3c(C)noc3C)cc2C1. The second kappa shape index (κ2) is 8.91. The van der Waals surface area contributed by atoms with Gasteiger partial charge >= 0.3 is 0 Å². The smallest absolute Gasteiger partial charge is 0.220 e. The molecule has 0 fully saturated rings. The zero-order chi connectivity index (χ0) is 20.1. The number of aromatic nitrogens is 1. The maximum Gasteiger partial charge on any atom is 0.220 e. The zero-order valence-electron chi connectivity index (χ0n) is 16.7. The van der Waals surface area contributed by atoms with Crippen LogP contribution in [0.4, 0.5) is 0 Å². The fourth-order valence-corrected chi connectivity index (χ4v) is 3.40. The van der Waals surface area contributed by atoms with E-state index in [1.165, 1.54) is 0 Å². The Bertz CT molecular complexity index is 840.